The van der Waals surface area contributed by atoms with Gasteiger partial charge >= 0.3 is 5.97 Å². The average Bonchev–Trinajstić information content (AvgIpc) is 2.72. The molecule has 0 aromatic heterocycles. The number of rotatable bonds is 9. The van der Waals surface area contributed by atoms with Gasteiger partial charge in [-0.05, 0) is 61.3 Å². The smallest absolute Gasteiger partial charge is 0.338 e. The predicted octanol–water partition coefficient (Wildman–Crippen LogP) is 7.08. The summed E-state index contributed by atoms with van der Waals surface area (Å²) in [5, 5.41) is 0. The molecule has 0 aliphatic carbocycles. The Labute approximate surface area is 182 Å². The van der Waals surface area contributed by atoms with E-state index in [0.29, 0.717) is 5.56 Å². The number of hydrogen-bond donors (Lipinski definition) is 0. The predicted molar refractivity (Wildman–Crippen MR) is 125 cm³/mol. The van der Waals surface area contributed by atoms with Gasteiger partial charge in [0.05, 0.1) is 5.56 Å². The van der Waals surface area contributed by atoms with Gasteiger partial charge in [0.25, 0.3) is 0 Å². The lowest BCUT2D eigenvalue weighted by Gasteiger charge is -2.33. The van der Waals surface area contributed by atoms with Crippen LogP contribution in [-0.4, -0.2) is 18.2 Å². The quantitative estimate of drug-likeness (QED) is 0.414. The van der Waals surface area contributed by atoms with Crippen LogP contribution in [0.1, 0.15) is 89.7 Å². The molecule has 0 saturated heterocycles. The van der Waals surface area contributed by atoms with E-state index in [1.165, 1.54) is 11.1 Å². The second kappa shape index (κ2) is 9.24. The summed E-state index contributed by atoms with van der Waals surface area (Å²) in [6.07, 6.45) is 2.07. The maximum Gasteiger partial charge on any atom is 0.338 e. The molecule has 0 spiro atoms. The molecule has 30 heavy (non-hydrogen) atoms. The van der Waals surface area contributed by atoms with E-state index in [1.807, 2.05) is 32.0 Å². The second-order valence-electron chi connectivity index (χ2n) is 9.99. The molecule has 3 heteroatoms. The molecule has 0 fully saturated rings. The molecular formula is C27H38O3. The van der Waals surface area contributed by atoms with Gasteiger partial charge in [-0.2, -0.15) is 0 Å². The zero-order chi connectivity index (χ0) is 22.6. The van der Waals surface area contributed by atoms with Gasteiger partial charge in [-0.3, -0.25) is 0 Å². The van der Waals surface area contributed by atoms with Crippen LogP contribution in [0.25, 0.3) is 0 Å². The third kappa shape index (κ3) is 5.87. The third-order valence-electron chi connectivity index (χ3n) is 6.20. The maximum absolute atomic E-state index is 12.3. The monoisotopic (exact) mass is 410 g/mol. The van der Waals surface area contributed by atoms with Gasteiger partial charge in [0.15, 0.2) is 0 Å². The van der Waals surface area contributed by atoms with E-state index in [2.05, 4.69) is 59.7 Å². The van der Waals surface area contributed by atoms with Crippen LogP contribution in [0.4, 0.5) is 0 Å². The molecule has 164 valence electrons. The molecule has 0 heterocycles. The molecule has 0 bridgehead atoms. The van der Waals surface area contributed by atoms with Crippen LogP contribution in [-0.2, 0) is 15.6 Å². The van der Waals surface area contributed by atoms with Gasteiger partial charge in [0.2, 0.25) is 0 Å². The maximum atomic E-state index is 12.3. The number of esters is 1. The second-order valence-corrected chi connectivity index (χ2v) is 9.99. The molecular weight excluding hydrogens is 372 g/mol. The van der Waals surface area contributed by atoms with Crippen molar-refractivity contribution in [2.24, 2.45) is 0 Å². The minimum Gasteiger partial charge on any atom is -0.484 e. The Balaban J connectivity index is 2.25. The summed E-state index contributed by atoms with van der Waals surface area (Å²) in [6.45, 7) is 17.6. The average molecular weight is 411 g/mol. The number of carbonyl (C=O) groups is 1. The number of ether oxygens (including phenoxy) is 2. The topological polar surface area (TPSA) is 35.5 Å². The Kier molecular flexibility index (Phi) is 7.39. The Morgan fingerprint density at radius 2 is 1.43 bits per heavy atom. The molecule has 0 atom stereocenters. The van der Waals surface area contributed by atoms with Crippen LogP contribution >= 0.6 is 0 Å². The first kappa shape index (κ1) is 24.0. The normalized spacial score (nSPS) is 12.5. The SMILES string of the molecule is CCC(C)(C)c1ccc(OC(C)(C)COC(=O)c2ccccc2)c(C(C)(C)CC)c1. The molecule has 2 rings (SSSR count). The summed E-state index contributed by atoms with van der Waals surface area (Å²) in [5.41, 5.74) is 2.51. The lowest BCUT2D eigenvalue weighted by atomic mass is 9.76. The van der Waals surface area contributed by atoms with E-state index in [0.717, 1.165) is 18.6 Å². The summed E-state index contributed by atoms with van der Waals surface area (Å²) in [5.74, 6) is 0.527. The van der Waals surface area contributed by atoms with Crippen LogP contribution in [0.5, 0.6) is 5.75 Å². The van der Waals surface area contributed by atoms with E-state index >= 15 is 0 Å². The molecule has 0 amide bonds. The van der Waals surface area contributed by atoms with Gasteiger partial charge in [-0.15, -0.1) is 0 Å². The van der Waals surface area contributed by atoms with Crippen molar-refractivity contribution in [2.75, 3.05) is 6.61 Å². The lowest BCUT2D eigenvalue weighted by molar-refractivity contribution is 0.00230. The van der Waals surface area contributed by atoms with Crippen molar-refractivity contribution in [2.45, 2.75) is 84.7 Å². The molecule has 3 nitrogen and oxygen atoms in total. The highest BCUT2D eigenvalue weighted by atomic mass is 16.6. The van der Waals surface area contributed by atoms with Crippen molar-refractivity contribution in [3.63, 3.8) is 0 Å². The minimum atomic E-state index is -0.648. The van der Waals surface area contributed by atoms with E-state index in [1.54, 1.807) is 12.1 Å². The summed E-state index contributed by atoms with van der Waals surface area (Å²) >= 11 is 0. The van der Waals surface area contributed by atoms with Gasteiger partial charge in [-0.25, -0.2) is 4.79 Å². The fourth-order valence-corrected chi connectivity index (χ4v) is 3.19. The fourth-order valence-electron chi connectivity index (χ4n) is 3.19. The van der Waals surface area contributed by atoms with Crippen LogP contribution in [0, 0.1) is 0 Å². The van der Waals surface area contributed by atoms with Crippen molar-refractivity contribution in [1.29, 1.82) is 0 Å². The Morgan fingerprint density at radius 1 is 0.833 bits per heavy atom. The molecule has 2 aromatic carbocycles. The van der Waals surface area contributed by atoms with Gasteiger partial charge in [0, 0.05) is 5.56 Å². The molecule has 0 aliphatic heterocycles. The summed E-state index contributed by atoms with van der Waals surface area (Å²) in [6, 6.07) is 15.6. The highest BCUT2D eigenvalue weighted by molar-refractivity contribution is 5.89. The van der Waals surface area contributed by atoms with Crippen molar-refractivity contribution >= 4 is 5.97 Å². The molecule has 2 aromatic rings. The zero-order valence-corrected chi connectivity index (χ0v) is 20.0. The Morgan fingerprint density at radius 3 is 2.00 bits per heavy atom. The van der Waals surface area contributed by atoms with E-state index in [-0.39, 0.29) is 23.4 Å². The highest BCUT2D eigenvalue weighted by Gasteiger charge is 2.30. The fraction of sp³-hybridized carbons (Fsp3) is 0.519. The summed E-state index contributed by atoms with van der Waals surface area (Å²) in [7, 11) is 0. The van der Waals surface area contributed by atoms with E-state index < -0.39 is 5.60 Å². The standard InChI is InChI=1S/C27H38O3/c1-9-25(3,4)21-16-17-23(22(18-21)26(5,6)10-2)30-27(7,8)19-29-24(28)20-14-12-11-13-15-20/h11-18H,9-10,19H2,1-8H3. The van der Waals surface area contributed by atoms with Crippen molar-refractivity contribution < 1.29 is 14.3 Å². The molecule has 0 aliphatic rings. The molecule has 0 unspecified atom stereocenters. The molecule has 0 saturated carbocycles. The molecule has 0 radical (unpaired) electrons. The van der Waals surface area contributed by atoms with Gasteiger partial charge < -0.3 is 9.47 Å². The first-order valence-electron chi connectivity index (χ1n) is 11.0. The highest BCUT2D eigenvalue weighted by Crippen LogP contribution is 2.39. The van der Waals surface area contributed by atoms with Gasteiger partial charge in [-0.1, -0.05) is 71.9 Å². The Hall–Kier alpha value is -2.29. The number of carbonyl (C=O) groups excluding carboxylic acids is 1. The van der Waals surface area contributed by atoms with Crippen LogP contribution < -0.4 is 4.74 Å². The minimum absolute atomic E-state index is 0.0219. The summed E-state index contributed by atoms with van der Waals surface area (Å²) < 4.78 is 12.0. The van der Waals surface area contributed by atoms with Gasteiger partial charge in [0.1, 0.15) is 18.0 Å². The van der Waals surface area contributed by atoms with Crippen molar-refractivity contribution in [3.8, 4) is 5.75 Å². The first-order chi connectivity index (χ1) is 13.9. The van der Waals surface area contributed by atoms with Crippen LogP contribution in [0.15, 0.2) is 48.5 Å². The summed E-state index contributed by atoms with van der Waals surface area (Å²) in [4.78, 5) is 12.3. The van der Waals surface area contributed by atoms with Crippen molar-refractivity contribution in [3.05, 3.63) is 65.2 Å². The Bertz CT molecular complexity index is 848. The number of benzene rings is 2. The van der Waals surface area contributed by atoms with Crippen LogP contribution in [0.3, 0.4) is 0 Å². The van der Waals surface area contributed by atoms with E-state index in [4.69, 9.17) is 9.47 Å². The largest absolute Gasteiger partial charge is 0.484 e. The van der Waals surface area contributed by atoms with Crippen LogP contribution in [0.2, 0.25) is 0 Å². The molecule has 0 N–H and O–H groups in total. The number of hydrogen-bond acceptors (Lipinski definition) is 3. The van der Waals surface area contributed by atoms with E-state index in [9.17, 15) is 4.79 Å². The zero-order valence-electron chi connectivity index (χ0n) is 20.0. The third-order valence-corrected chi connectivity index (χ3v) is 6.20. The van der Waals surface area contributed by atoms with Crippen molar-refractivity contribution in [1.82, 2.24) is 0 Å². The first-order valence-corrected chi connectivity index (χ1v) is 11.0. The lowest BCUT2D eigenvalue weighted by Crippen LogP contribution is -2.36.